The van der Waals surface area contributed by atoms with Crippen LogP contribution in [0.5, 0.6) is 0 Å². The molecular weight excluding hydrogens is 256 g/mol. The lowest BCUT2D eigenvalue weighted by atomic mass is 9.89. The van der Waals surface area contributed by atoms with Gasteiger partial charge in [0.2, 0.25) is 0 Å². The zero-order chi connectivity index (χ0) is 14.6. The van der Waals surface area contributed by atoms with Crippen LogP contribution in [-0.2, 0) is 4.74 Å². The Kier molecular flexibility index (Phi) is 12.2. The van der Waals surface area contributed by atoms with E-state index in [2.05, 4.69) is 13.8 Å². The molecule has 116 valence electrons. The van der Waals surface area contributed by atoms with E-state index in [1.807, 2.05) is 13.2 Å². The van der Waals surface area contributed by atoms with Gasteiger partial charge in [0.1, 0.15) is 0 Å². The van der Waals surface area contributed by atoms with Crippen LogP contribution in [-0.4, -0.2) is 29.0 Å². The fourth-order valence-corrected chi connectivity index (χ4v) is 2.65. The van der Waals surface area contributed by atoms with Gasteiger partial charge < -0.3 is 9.84 Å². The van der Waals surface area contributed by atoms with Crippen LogP contribution in [0.3, 0.4) is 0 Å². The normalized spacial score (nSPS) is 16.3. The van der Waals surface area contributed by atoms with E-state index in [0.29, 0.717) is 5.94 Å². The standard InChI is InChI=1S/C16H34O2S/c1-5-7-9-10-11-12-15(18-14-19-4)16(3,17)13-8-6-2/h15,17H,5-14H2,1-4H3/t15-,16+/m1/s1. The molecule has 0 radical (unpaired) electrons. The summed E-state index contributed by atoms with van der Waals surface area (Å²) in [6.45, 7) is 6.35. The topological polar surface area (TPSA) is 29.5 Å². The van der Waals surface area contributed by atoms with Crippen LogP contribution in [0.15, 0.2) is 0 Å². The molecule has 1 N–H and O–H groups in total. The molecule has 0 saturated heterocycles. The van der Waals surface area contributed by atoms with Gasteiger partial charge in [-0.05, 0) is 26.0 Å². The highest BCUT2D eigenvalue weighted by Gasteiger charge is 2.31. The van der Waals surface area contributed by atoms with Crippen molar-refractivity contribution in [2.24, 2.45) is 0 Å². The van der Waals surface area contributed by atoms with Crippen molar-refractivity contribution in [2.75, 3.05) is 12.2 Å². The smallest absolute Gasteiger partial charge is 0.0923 e. The van der Waals surface area contributed by atoms with Crippen molar-refractivity contribution in [1.29, 1.82) is 0 Å². The number of aliphatic hydroxyl groups is 1. The molecule has 0 aromatic carbocycles. The largest absolute Gasteiger partial charge is 0.387 e. The van der Waals surface area contributed by atoms with Gasteiger partial charge in [-0.1, -0.05) is 58.8 Å². The maximum absolute atomic E-state index is 10.6. The minimum absolute atomic E-state index is 0.00636. The third-order valence-corrected chi connectivity index (χ3v) is 4.06. The zero-order valence-corrected chi connectivity index (χ0v) is 14.2. The average Bonchev–Trinajstić information content (AvgIpc) is 2.39. The van der Waals surface area contributed by atoms with Gasteiger partial charge in [0.05, 0.1) is 17.6 Å². The molecule has 0 aromatic rings. The fraction of sp³-hybridized carbons (Fsp3) is 1.00. The van der Waals surface area contributed by atoms with Gasteiger partial charge in [0, 0.05) is 0 Å². The lowest BCUT2D eigenvalue weighted by Crippen LogP contribution is -2.41. The molecule has 0 amide bonds. The Morgan fingerprint density at radius 1 is 1.05 bits per heavy atom. The molecule has 0 bridgehead atoms. The summed E-state index contributed by atoms with van der Waals surface area (Å²) in [4.78, 5) is 0. The lowest BCUT2D eigenvalue weighted by molar-refractivity contribution is -0.0953. The highest BCUT2D eigenvalue weighted by molar-refractivity contribution is 7.98. The second-order valence-electron chi connectivity index (χ2n) is 5.73. The van der Waals surface area contributed by atoms with E-state index in [1.165, 1.54) is 32.1 Å². The maximum atomic E-state index is 10.6. The molecule has 19 heavy (non-hydrogen) atoms. The summed E-state index contributed by atoms with van der Waals surface area (Å²) < 4.78 is 5.87. The van der Waals surface area contributed by atoms with Gasteiger partial charge in [-0.25, -0.2) is 0 Å². The Bertz CT molecular complexity index is 195. The second kappa shape index (κ2) is 12.0. The Labute approximate surface area is 124 Å². The van der Waals surface area contributed by atoms with Crippen LogP contribution in [0.25, 0.3) is 0 Å². The Morgan fingerprint density at radius 3 is 2.26 bits per heavy atom. The van der Waals surface area contributed by atoms with Crippen molar-refractivity contribution in [3.05, 3.63) is 0 Å². The van der Waals surface area contributed by atoms with Crippen LogP contribution in [0, 0.1) is 0 Å². The molecule has 0 spiro atoms. The summed E-state index contributed by atoms with van der Waals surface area (Å²) in [6.07, 6.45) is 12.4. The predicted molar refractivity (Wildman–Crippen MR) is 86.8 cm³/mol. The van der Waals surface area contributed by atoms with Crippen molar-refractivity contribution in [3.63, 3.8) is 0 Å². The minimum atomic E-state index is -0.670. The van der Waals surface area contributed by atoms with Gasteiger partial charge in [0.25, 0.3) is 0 Å². The number of hydrogen-bond acceptors (Lipinski definition) is 3. The van der Waals surface area contributed by atoms with E-state index >= 15 is 0 Å². The third kappa shape index (κ3) is 9.75. The molecule has 0 rings (SSSR count). The molecule has 0 fully saturated rings. The summed E-state index contributed by atoms with van der Waals surface area (Å²) >= 11 is 1.68. The van der Waals surface area contributed by atoms with E-state index in [4.69, 9.17) is 4.74 Å². The Balaban J connectivity index is 4.12. The summed E-state index contributed by atoms with van der Waals surface area (Å²) in [5.41, 5.74) is -0.670. The van der Waals surface area contributed by atoms with Crippen LogP contribution in [0.4, 0.5) is 0 Å². The van der Waals surface area contributed by atoms with Crippen LogP contribution in [0.2, 0.25) is 0 Å². The number of unbranched alkanes of at least 4 members (excludes halogenated alkanes) is 5. The molecule has 0 aromatic heterocycles. The molecule has 0 aliphatic rings. The Hall–Kier alpha value is 0.270. The summed E-state index contributed by atoms with van der Waals surface area (Å²) in [6, 6.07) is 0. The number of rotatable bonds is 13. The summed E-state index contributed by atoms with van der Waals surface area (Å²) in [5.74, 6) is 0.682. The van der Waals surface area contributed by atoms with E-state index in [9.17, 15) is 5.11 Å². The van der Waals surface area contributed by atoms with E-state index in [-0.39, 0.29) is 6.10 Å². The lowest BCUT2D eigenvalue weighted by Gasteiger charge is -2.33. The number of ether oxygens (including phenoxy) is 1. The van der Waals surface area contributed by atoms with Crippen molar-refractivity contribution in [1.82, 2.24) is 0 Å². The van der Waals surface area contributed by atoms with Crippen LogP contribution < -0.4 is 0 Å². The average molecular weight is 291 g/mol. The maximum Gasteiger partial charge on any atom is 0.0923 e. The molecular formula is C16H34O2S. The number of hydrogen-bond donors (Lipinski definition) is 1. The molecule has 2 nitrogen and oxygen atoms in total. The van der Waals surface area contributed by atoms with E-state index in [0.717, 1.165) is 25.7 Å². The second-order valence-corrected chi connectivity index (χ2v) is 6.54. The number of thioether (sulfide) groups is 1. The third-order valence-electron chi connectivity index (χ3n) is 3.69. The molecule has 0 unspecified atom stereocenters. The van der Waals surface area contributed by atoms with Crippen molar-refractivity contribution in [3.8, 4) is 0 Å². The molecule has 0 heterocycles. The van der Waals surface area contributed by atoms with E-state index < -0.39 is 5.60 Å². The van der Waals surface area contributed by atoms with E-state index in [1.54, 1.807) is 11.8 Å². The van der Waals surface area contributed by atoms with Gasteiger partial charge in [0.15, 0.2) is 0 Å². The van der Waals surface area contributed by atoms with Crippen molar-refractivity contribution >= 4 is 11.8 Å². The molecule has 0 saturated carbocycles. The van der Waals surface area contributed by atoms with Gasteiger partial charge in [-0.2, -0.15) is 0 Å². The van der Waals surface area contributed by atoms with Gasteiger partial charge in [-0.3, -0.25) is 0 Å². The first kappa shape index (κ1) is 19.3. The summed E-state index contributed by atoms with van der Waals surface area (Å²) in [5, 5.41) is 10.6. The van der Waals surface area contributed by atoms with Gasteiger partial charge >= 0.3 is 0 Å². The zero-order valence-electron chi connectivity index (χ0n) is 13.4. The summed E-state index contributed by atoms with van der Waals surface area (Å²) in [7, 11) is 0. The van der Waals surface area contributed by atoms with Crippen molar-refractivity contribution in [2.45, 2.75) is 90.3 Å². The minimum Gasteiger partial charge on any atom is -0.387 e. The quantitative estimate of drug-likeness (QED) is 0.382. The first-order valence-corrected chi connectivity index (χ1v) is 9.30. The monoisotopic (exact) mass is 290 g/mol. The predicted octanol–water partition coefficient (Wildman–Crippen LogP) is 4.99. The van der Waals surface area contributed by atoms with Crippen LogP contribution in [0.1, 0.15) is 78.6 Å². The van der Waals surface area contributed by atoms with Gasteiger partial charge in [-0.15, -0.1) is 11.8 Å². The highest BCUT2D eigenvalue weighted by atomic mass is 32.2. The molecule has 3 heteroatoms. The van der Waals surface area contributed by atoms with Crippen LogP contribution >= 0.6 is 11.8 Å². The van der Waals surface area contributed by atoms with Crippen molar-refractivity contribution < 1.29 is 9.84 Å². The molecule has 0 aliphatic carbocycles. The molecule has 2 atom stereocenters. The molecule has 0 aliphatic heterocycles. The first-order chi connectivity index (χ1) is 9.08. The Morgan fingerprint density at radius 2 is 1.68 bits per heavy atom. The highest BCUT2D eigenvalue weighted by Crippen LogP contribution is 2.26. The SMILES string of the molecule is CCCCCCC[C@@H](OCSC)[C@@](C)(O)CCCC. The first-order valence-electron chi connectivity index (χ1n) is 7.91. The fourth-order valence-electron chi connectivity index (χ4n) is 2.35.